The smallest absolute Gasteiger partial charge is 0.348 e. The van der Waals surface area contributed by atoms with Crippen molar-refractivity contribution in [2.24, 2.45) is 0 Å². The van der Waals surface area contributed by atoms with Crippen molar-refractivity contribution in [2.45, 2.75) is 25.3 Å². The summed E-state index contributed by atoms with van der Waals surface area (Å²) < 4.78 is 1.38. The van der Waals surface area contributed by atoms with E-state index in [-0.39, 0.29) is 5.69 Å². The summed E-state index contributed by atoms with van der Waals surface area (Å²) in [5.74, 6) is 0.744. The molecule has 1 unspecified atom stereocenters. The zero-order valence-electron chi connectivity index (χ0n) is 10.0. The van der Waals surface area contributed by atoms with E-state index in [2.05, 4.69) is 25.8 Å². The third-order valence-corrected chi connectivity index (χ3v) is 3.25. The van der Waals surface area contributed by atoms with Gasteiger partial charge in [0, 0.05) is 18.7 Å². The van der Waals surface area contributed by atoms with Crippen LogP contribution in [0.5, 0.6) is 0 Å². The fourth-order valence-electron chi connectivity index (χ4n) is 2.23. The predicted molar refractivity (Wildman–Crippen MR) is 67.7 cm³/mol. The van der Waals surface area contributed by atoms with Crippen molar-refractivity contribution in [1.29, 1.82) is 0 Å². The molecular formula is C11H16N6O. The number of aromatic amines is 1. The highest BCUT2D eigenvalue weighted by Gasteiger charge is 2.12. The van der Waals surface area contributed by atoms with Crippen LogP contribution in [-0.2, 0) is 0 Å². The molecule has 0 aromatic carbocycles. The second-order valence-electron chi connectivity index (χ2n) is 4.56. The Morgan fingerprint density at radius 3 is 3.28 bits per heavy atom. The largest absolute Gasteiger partial charge is 0.368 e. The van der Waals surface area contributed by atoms with Crippen molar-refractivity contribution in [3.05, 3.63) is 22.9 Å². The molecule has 18 heavy (non-hydrogen) atoms. The molecule has 0 radical (unpaired) electrons. The Kier molecular flexibility index (Phi) is 2.97. The van der Waals surface area contributed by atoms with E-state index in [4.69, 9.17) is 0 Å². The molecule has 0 aliphatic carbocycles. The number of hydrogen-bond acceptors (Lipinski definition) is 5. The van der Waals surface area contributed by atoms with Crippen LogP contribution < -0.4 is 16.3 Å². The van der Waals surface area contributed by atoms with Gasteiger partial charge in [-0.25, -0.2) is 19.3 Å². The van der Waals surface area contributed by atoms with Crippen LogP contribution in [0.1, 0.15) is 19.3 Å². The number of hydrogen-bond donors (Lipinski definition) is 3. The van der Waals surface area contributed by atoms with Gasteiger partial charge in [-0.15, -0.1) is 0 Å². The van der Waals surface area contributed by atoms with Gasteiger partial charge < -0.3 is 10.6 Å². The molecule has 1 atom stereocenters. The lowest BCUT2D eigenvalue weighted by Crippen LogP contribution is -2.39. The maximum atomic E-state index is 11.3. The monoisotopic (exact) mass is 248 g/mol. The number of aromatic nitrogens is 4. The molecule has 1 aliphatic rings. The van der Waals surface area contributed by atoms with Crippen molar-refractivity contribution in [1.82, 2.24) is 24.9 Å². The first-order valence-corrected chi connectivity index (χ1v) is 6.23. The maximum Gasteiger partial charge on any atom is 0.348 e. The molecule has 1 saturated heterocycles. The first kappa shape index (κ1) is 11.2. The minimum absolute atomic E-state index is 0.266. The normalized spacial score (nSPS) is 20.1. The Labute approximate surface area is 104 Å². The second-order valence-corrected chi connectivity index (χ2v) is 4.56. The molecule has 7 heteroatoms. The van der Waals surface area contributed by atoms with E-state index >= 15 is 0 Å². The predicted octanol–water partition coefficient (Wildman–Crippen LogP) is -0.0284. The van der Waals surface area contributed by atoms with Crippen molar-refractivity contribution >= 4 is 11.5 Å². The van der Waals surface area contributed by atoms with Crippen molar-refractivity contribution in [3.8, 4) is 0 Å². The Morgan fingerprint density at radius 2 is 2.44 bits per heavy atom. The Balaban J connectivity index is 1.68. The van der Waals surface area contributed by atoms with E-state index in [9.17, 15) is 4.79 Å². The van der Waals surface area contributed by atoms with Gasteiger partial charge in [-0.1, -0.05) is 6.42 Å². The molecule has 96 valence electrons. The van der Waals surface area contributed by atoms with Gasteiger partial charge in [0.05, 0.1) is 0 Å². The molecule has 2 aromatic rings. The first-order chi connectivity index (χ1) is 8.83. The van der Waals surface area contributed by atoms with E-state index in [1.54, 1.807) is 6.07 Å². The fourth-order valence-corrected chi connectivity index (χ4v) is 2.23. The second kappa shape index (κ2) is 4.77. The minimum Gasteiger partial charge on any atom is -0.368 e. The minimum atomic E-state index is -0.266. The number of nitrogens with zero attached hydrogens (tertiary/aromatic N) is 3. The van der Waals surface area contributed by atoms with E-state index in [1.807, 2.05) is 0 Å². The lowest BCUT2D eigenvalue weighted by molar-refractivity contribution is 0.414. The molecule has 3 N–H and O–H groups in total. The molecular weight excluding hydrogens is 232 g/mol. The number of anilines is 1. The Hall–Kier alpha value is -1.89. The fraction of sp³-hybridized carbons (Fsp3) is 0.545. The highest BCUT2D eigenvalue weighted by molar-refractivity contribution is 5.48. The van der Waals surface area contributed by atoms with Crippen LogP contribution in [0.2, 0.25) is 0 Å². The first-order valence-electron chi connectivity index (χ1n) is 6.23. The molecule has 0 amide bonds. The molecule has 1 fully saturated rings. The van der Waals surface area contributed by atoms with Crippen LogP contribution in [0.4, 0.5) is 5.82 Å². The van der Waals surface area contributed by atoms with Gasteiger partial charge in [0.2, 0.25) is 0 Å². The molecule has 7 nitrogen and oxygen atoms in total. The van der Waals surface area contributed by atoms with Crippen LogP contribution in [0.15, 0.2) is 17.2 Å². The number of fused-ring (bicyclic) bond motifs is 1. The number of H-pyrrole nitrogens is 1. The van der Waals surface area contributed by atoms with Gasteiger partial charge in [-0.05, 0) is 19.4 Å². The summed E-state index contributed by atoms with van der Waals surface area (Å²) in [6.45, 7) is 1.94. The summed E-state index contributed by atoms with van der Waals surface area (Å²) in [7, 11) is 0. The van der Waals surface area contributed by atoms with Gasteiger partial charge in [0.15, 0.2) is 5.65 Å². The molecule has 1 aliphatic heterocycles. The SMILES string of the molecule is O=c1[nH]nc2cc(NCC3CCCCN3)ncn12. The van der Waals surface area contributed by atoms with Gasteiger partial charge >= 0.3 is 5.69 Å². The molecule has 2 aromatic heterocycles. The van der Waals surface area contributed by atoms with Crippen LogP contribution in [0.25, 0.3) is 5.65 Å². The summed E-state index contributed by atoms with van der Waals surface area (Å²) in [5.41, 5.74) is 0.312. The maximum absolute atomic E-state index is 11.3. The summed E-state index contributed by atoms with van der Waals surface area (Å²) in [6, 6.07) is 2.26. The van der Waals surface area contributed by atoms with Crippen molar-refractivity contribution < 1.29 is 0 Å². The summed E-state index contributed by atoms with van der Waals surface area (Å²) in [4.78, 5) is 15.5. The van der Waals surface area contributed by atoms with Crippen LogP contribution >= 0.6 is 0 Å². The van der Waals surface area contributed by atoms with Crippen LogP contribution in [0, 0.1) is 0 Å². The zero-order chi connectivity index (χ0) is 12.4. The highest BCUT2D eigenvalue weighted by atomic mass is 16.1. The van der Waals surface area contributed by atoms with Gasteiger partial charge in [-0.2, -0.15) is 5.10 Å². The molecule has 3 rings (SSSR count). The van der Waals surface area contributed by atoms with Gasteiger partial charge in [0.1, 0.15) is 12.1 Å². The average molecular weight is 248 g/mol. The Bertz CT molecular complexity index is 582. The quantitative estimate of drug-likeness (QED) is 0.710. The highest BCUT2D eigenvalue weighted by Crippen LogP contribution is 2.09. The van der Waals surface area contributed by atoms with Crippen LogP contribution in [-0.4, -0.2) is 38.7 Å². The van der Waals surface area contributed by atoms with E-state index in [1.165, 1.54) is 30.0 Å². The van der Waals surface area contributed by atoms with E-state index < -0.39 is 0 Å². The van der Waals surface area contributed by atoms with E-state index in [0.29, 0.717) is 11.7 Å². The number of nitrogens with one attached hydrogen (secondary N) is 3. The van der Waals surface area contributed by atoms with Crippen molar-refractivity contribution in [3.63, 3.8) is 0 Å². The Morgan fingerprint density at radius 1 is 1.50 bits per heavy atom. The lowest BCUT2D eigenvalue weighted by atomic mass is 10.1. The molecule has 0 bridgehead atoms. The summed E-state index contributed by atoms with van der Waals surface area (Å²) >= 11 is 0. The molecule has 0 spiro atoms. The molecule has 3 heterocycles. The topological polar surface area (TPSA) is 87.1 Å². The number of piperidine rings is 1. The zero-order valence-corrected chi connectivity index (χ0v) is 10.0. The molecule has 0 saturated carbocycles. The third-order valence-electron chi connectivity index (χ3n) is 3.25. The average Bonchev–Trinajstić information content (AvgIpc) is 2.79. The third kappa shape index (κ3) is 2.21. The van der Waals surface area contributed by atoms with Gasteiger partial charge in [0.25, 0.3) is 0 Å². The number of rotatable bonds is 3. The lowest BCUT2D eigenvalue weighted by Gasteiger charge is -2.23. The van der Waals surface area contributed by atoms with Gasteiger partial charge in [-0.3, -0.25) is 0 Å². The van der Waals surface area contributed by atoms with Crippen LogP contribution in [0.3, 0.4) is 0 Å². The standard InChI is InChI=1S/C11H16N6O/c18-11-16-15-10-5-9(14-7-17(10)11)13-6-8-3-1-2-4-12-8/h5,7-8,12-13H,1-4,6H2,(H,16,18). The van der Waals surface area contributed by atoms with Crippen molar-refractivity contribution in [2.75, 3.05) is 18.4 Å². The summed E-state index contributed by atoms with van der Waals surface area (Å²) in [5, 5.41) is 13.0. The van der Waals surface area contributed by atoms with E-state index in [0.717, 1.165) is 18.9 Å². The summed E-state index contributed by atoms with van der Waals surface area (Å²) in [6.07, 6.45) is 5.21.